The molecule has 18 heavy (non-hydrogen) atoms. The Hall–Kier alpha value is -1.32. The molecule has 0 atom stereocenters. The van der Waals surface area contributed by atoms with Crippen LogP contribution in [0.5, 0.6) is 0 Å². The number of hydrogen-bond acceptors (Lipinski definition) is 4. The van der Waals surface area contributed by atoms with Crippen molar-refractivity contribution in [2.45, 2.75) is 18.7 Å². The topological polar surface area (TPSA) is 52.6 Å². The van der Waals surface area contributed by atoms with Crippen LogP contribution >= 0.6 is 0 Å². The van der Waals surface area contributed by atoms with Crippen LogP contribution in [0.25, 0.3) is 0 Å². The second kappa shape index (κ2) is 7.90. The molecule has 1 aromatic rings. The van der Waals surface area contributed by atoms with E-state index in [0.717, 1.165) is 4.46 Å². The summed E-state index contributed by atoms with van der Waals surface area (Å²) in [4.78, 5) is 22.7. The van der Waals surface area contributed by atoms with Gasteiger partial charge in [0.15, 0.2) is 0 Å². The van der Waals surface area contributed by atoms with Gasteiger partial charge in [-0.25, -0.2) is 0 Å². The van der Waals surface area contributed by atoms with E-state index >= 15 is 0 Å². The summed E-state index contributed by atoms with van der Waals surface area (Å²) in [7, 11) is 0. The monoisotopic (exact) mass is 316 g/mol. The molecule has 0 bridgehead atoms. The van der Waals surface area contributed by atoms with Gasteiger partial charge in [0.1, 0.15) is 0 Å². The third-order valence-corrected chi connectivity index (χ3v) is 4.44. The van der Waals surface area contributed by atoms with Crippen LogP contribution in [0.4, 0.5) is 0 Å². The van der Waals surface area contributed by atoms with Crippen molar-refractivity contribution in [3.8, 4) is 0 Å². The van der Waals surface area contributed by atoms with Crippen LogP contribution in [0.15, 0.2) is 30.3 Å². The summed E-state index contributed by atoms with van der Waals surface area (Å²) in [6.07, 6.45) is 0. The van der Waals surface area contributed by atoms with Crippen LogP contribution in [-0.4, -0.2) is 40.1 Å². The predicted octanol–water partition coefficient (Wildman–Crippen LogP) is 0.931. The molecule has 0 heterocycles. The number of esters is 2. The fourth-order valence-electron chi connectivity index (χ4n) is 1.26. The van der Waals surface area contributed by atoms with Crippen LogP contribution in [0.1, 0.15) is 13.8 Å². The fraction of sp³-hybridized carbons (Fsp3) is 0.385. The minimum atomic E-state index is -0.820. The van der Waals surface area contributed by atoms with Gasteiger partial charge in [0.2, 0.25) is 0 Å². The second-order valence-electron chi connectivity index (χ2n) is 3.32. The summed E-state index contributed by atoms with van der Waals surface area (Å²) in [5.74, 6) is -1.00. The van der Waals surface area contributed by atoms with Gasteiger partial charge in [0.25, 0.3) is 0 Å². The summed E-state index contributed by atoms with van der Waals surface area (Å²) in [5, 5.41) is 0. The standard InChI is InChI=1S/C13H16O4Se/c1-3-16-12(14)11(13(15)17-4-2)18-10-8-6-5-7-9-10/h5-9,11H,3-4H2,1-2H3. The van der Waals surface area contributed by atoms with Crippen molar-refractivity contribution in [2.24, 2.45) is 0 Å². The molecule has 0 saturated heterocycles. The van der Waals surface area contributed by atoms with Crippen molar-refractivity contribution in [3.05, 3.63) is 30.3 Å². The van der Waals surface area contributed by atoms with Gasteiger partial charge in [0.05, 0.1) is 0 Å². The first-order valence-electron chi connectivity index (χ1n) is 5.74. The van der Waals surface area contributed by atoms with Crippen LogP contribution in [0.2, 0.25) is 4.82 Å². The average molecular weight is 315 g/mol. The predicted molar refractivity (Wildman–Crippen MR) is 68.8 cm³/mol. The van der Waals surface area contributed by atoms with Crippen LogP contribution in [0, 0.1) is 0 Å². The van der Waals surface area contributed by atoms with Gasteiger partial charge in [-0.2, -0.15) is 0 Å². The van der Waals surface area contributed by atoms with Gasteiger partial charge < -0.3 is 0 Å². The van der Waals surface area contributed by atoms with Crippen LogP contribution < -0.4 is 4.46 Å². The molecule has 0 unspecified atom stereocenters. The van der Waals surface area contributed by atoms with E-state index in [4.69, 9.17) is 9.47 Å². The Kier molecular flexibility index (Phi) is 6.47. The molecule has 0 aliphatic rings. The summed E-state index contributed by atoms with van der Waals surface area (Å²) >= 11 is -0.320. The summed E-state index contributed by atoms with van der Waals surface area (Å²) < 4.78 is 10.8. The quantitative estimate of drug-likeness (QED) is 0.445. The van der Waals surface area contributed by atoms with Crippen molar-refractivity contribution < 1.29 is 19.1 Å². The molecule has 0 aromatic heterocycles. The summed E-state index contributed by atoms with van der Waals surface area (Å²) in [6, 6.07) is 9.44. The molecular weight excluding hydrogens is 299 g/mol. The van der Waals surface area contributed by atoms with Gasteiger partial charge in [-0.15, -0.1) is 0 Å². The third-order valence-electron chi connectivity index (χ3n) is 2.00. The van der Waals surface area contributed by atoms with Gasteiger partial charge in [-0.05, 0) is 0 Å². The summed E-state index contributed by atoms with van der Waals surface area (Å²) in [5.41, 5.74) is 0. The maximum atomic E-state index is 11.8. The molecule has 0 spiro atoms. The first-order chi connectivity index (χ1) is 8.69. The molecule has 0 saturated carbocycles. The van der Waals surface area contributed by atoms with Gasteiger partial charge >= 0.3 is 113 Å². The van der Waals surface area contributed by atoms with E-state index in [2.05, 4.69) is 0 Å². The summed E-state index contributed by atoms with van der Waals surface area (Å²) in [6.45, 7) is 3.96. The molecule has 0 radical (unpaired) electrons. The van der Waals surface area contributed by atoms with E-state index in [-0.39, 0.29) is 28.2 Å². The third kappa shape index (κ3) is 4.51. The van der Waals surface area contributed by atoms with Crippen LogP contribution in [-0.2, 0) is 19.1 Å². The molecule has 1 rings (SSSR count). The van der Waals surface area contributed by atoms with E-state index in [1.54, 1.807) is 13.8 Å². The molecule has 0 fully saturated rings. The molecule has 0 N–H and O–H groups in total. The Bertz CT molecular complexity index is 373. The molecule has 98 valence electrons. The first-order valence-corrected chi connectivity index (χ1v) is 7.58. The fourth-order valence-corrected chi connectivity index (χ4v) is 3.18. The van der Waals surface area contributed by atoms with Crippen LogP contribution in [0.3, 0.4) is 0 Å². The van der Waals surface area contributed by atoms with Crippen molar-refractivity contribution in [1.82, 2.24) is 0 Å². The van der Waals surface area contributed by atoms with E-state index < -0.39 is 16.8 Å². The zero-order valence-corrected chi connectivity index (χ0v) is 12.1. The van der Waals surface area contributed by atoms with Gasteiger partial charge in [-0.3, -0.25) is 0 Å². The molecule has 5 heteroatoms. The van der Waals surface area contributed by atoms with E-state index in [1.807, 2.05) is 30.3 Å². The van der Waals surface area contributed by atoms with Gasteiger partial charge in [0, 0.05) is 0 Å². The van der Waals surface area contributed by atoms with Crippen molar-refractivity contribution in [2.75, 3.05) is 13.2 Å². The number of benzene rings is 1. The minimum absolute atomic E-state index is 0.264. The Balaban J connectivity index is 2.77. The van der Waals surface area contributed by atoms with Crippen molar-refractivity contribution in [1.29, 1.82) is 0 Å². The van der Waals surface area contributed by atoms with Crippen molar-refractivity contribution in [3.63, 3.8) is 0 Å². The van der Waals surface area contributed by atoms with E-state index in [9.17, 15) is 9.59 Å². The second-order valence-corrected chi connectivity index (χ2v) is 5.79. The number of carbonyl (C=O) groups excluding carboxylic acids is 2. The normalized spacial score (nSPS) is 10.2. The molecule has 0 aliphatic carbocycles. The Labute approximate surface area is 113 Å². The molecular formula is C13H16O4Se. The number of hydrogen-bond donors (Lipinski definition) is 0. The number of ether oxygens (including phenoxy) is 2. The number of rotatable bonds is 6. The Morgan fingerprint density at radius 3 is 2.00 bits per heavy atom. The van der Waals surface area contributed by atoms with Gasteiger partial charge in [-0.1, -0.05) is 0 Å². The molecule has 4 nitrogen and oxygen atoms in total. The maximum absolute atomic E-state index is 11.8. The molecule has 1 aromatic carbocycles. The Morgan fingerprint density at radius 2 is 1.56 bits per heavy atom. The van der Waals surface area contributed by atoms with Crippen molar-refractivity contribution >= 4 is 31.4 Å². The zero-order valence-electron chi connectivity index (χ0n) is 10.4. The van der Waals surface area contributed by atoms with E-state index in [1.165, 1.54) is 0 Å². The SMILES string of the molecule is CCOC(=O)C([Se]c1ccccc1)C(=O)OCC. The zero-order chi connectivity index (χ0) is 13.4. The number of carbonyl (C=O) groups is 2. The Morgan fingerprint density at radius 1 is 1.06 bits per heavy atom. The molecule has 0 aliphatic heterocycles. The first kappa shape index (κ1) is 14.7. The molecule has 0 amide bonds. The van der Waals surface area contributed by atoms with E-state index in [0.29, 0.717) is 0 Å². The average Bonchev–Trinajstić information content (AvgIpc) is 2.37.